The summed E-state index contributed by atoms with van der Waals surface area (Å²) >= 11 is 1.30. The summed E-state index contributed by atoms with van der Waals surface area (Å²) < 4.78 is 17.3. The molecule has 0 bridgehead atoms. The molecule has 8 nitrogen and oxygen atoms in total. The SMILES string of the molecule is CCCc1nnc(NC(=O)/C(C#N)=C\c2ccc(OCCOc3cc(C)ccc3C(C)C)c(OC)c2)s1. The molecule has 0 aliphatic carbocycles. The Kier molecular flexibility index (Phi) is 10.0. The highest BCUT2D eigenvalue weighted by Crippen LogP contribution is 2.30. The average Bonchev–Trinajstić information content (AvgIpc) is 3.32. The zero-order chi connectivity index (χ0) is 26.8. The van der Waals surface area contributed by atoms with Crippen LogP contribution in [0.2, 0.25) is 0 Å². The third-order valence-electron chi connectivity index (χ3n) is 5.40. The molecule has 0 unspecified atom stereocenters. The van der Waals surface area contributed by atoms with E-state index in [-0.39, 0.29) is 5.57 Å². The van der Waals surface area contributed by atoms with Crippen LogP contribution in [0, 0.1) is 18.3 Å². The van der Waals surface area contributed by atoms with Crippen molar-refractivity contribution in [2.45, 2.75) is 46.5 Å². The molecule has 0 saturated heterocycles. The summed E-state index contributed by atoms with van der Waals surface area (Å²) in [5.41, 5.74) is 2.86. The van der Waals surface area contributed by atoms with Gasteiger partial charge >= 0.3 is 0 Å². The number of ether oxygens (including phenoxy) is 3. The number of hydrogen-bond donors (Lipinski definition) is 1. The molecule has 194 valence electrons. The Balaban J connectivity index is 1.63. The summed E-state index contributed by atoms with van der Waals surface area (Å²) in [6, 6.07) is 13.4. The predicted molar refractivity (Wildman–Crippen MR) is 145 cm³/mol. The molecule has 0 aliphatic rings. The van der Waals surface area contributed by atoms with Gasteiger partial charge in [-0.25, -0.2) is 0 Å². The lowest BCUT2D eigenvalue weighted by Crippen LogP contribution is -2.13. The maximum atomic E-state index is 12.6. The first-order chi connectivity index (χ1) is 17.8. The van der Waals surface area contributed by atoms with Gasteiger partial charge in [-0.15, -0.1) is 10.2 Å². The molecule has 1 N–H and O–H groups in total. The number of amides is 1. The molecule has 9 heteroatoms. The lowest BCUT2D eigenvalue weighted by Gasteiger charge is -2.16. The van der Waals surface area contributed by atoms with Crippen molar-refractivity contribution in [3.05, 3.63) is 63.7 Å². The number of rotatable bonds is 12. The Bertz CT molecular complexity index is 1290. The first-order valence-corrected chi connectivity index (χ1v) is 13.0. The van der Waals surface area contributed by atoms with Crippen LogP contribution < -0.4 is 19.5 Å². The number of aryl methyl sites for hydroxylation is 2. The van der Waals surface area contributed by atoms with Gasteiger partial charge in [0.1, 0.15) is 35.6 Å². The van der Waals surface area contributed by atoms with E-state index in [4.69, 9.17) is 14.2 Å². The van der Waals surface area contributed by atoms with Gasteiger partial charge in [0.15, 0.2) is 11.5 Å². The minimum Gasteiger partial charge on any atom is -0.493 e. The van der Waals surface area contributed by atoms with Crippen LogP contribution in [0.1, 0.15) is 54.8 Å². The number of nitrogens with zero attached hydrogens (tertiary/aromatic N) is 3. The number of aromatic nitrogens is 2. The third-order valence-corrected chi connectivity index (χ3v) is 6.30. The first-order valence-electron chi connectivity index (χ1n) is 12.1. The van der Waals surface area contributed by atoms with E-state index < -0.39 is 5.91 Å². The Morgan fingerprint density at radius 2 is 1.86 bits per heavy atom. The van der Waals surface area contributed by atoms with Crippen molar-refractivity contribution >= 4 is 28.5 Å². The number of carbonyl (C=O) groups excluding carboxylic acids is 1. The van der Waals surface area contributed by atoms with Crippen molar-refractivity contribution in [3.63, 3.8) is 0 Å². The van der Waals surface area contributed by atoms with Gasteiger partial charge in [0.05, 0.1) is 7.11 Å². The van der Waals surface area contributed by atoms with Crippen LogP contribution in [-0.2, 0) is 11.2 Å². The molecule has 1 amide bonds. The highest BCUT2D eigenvalue weighted by atomic mass is 32.1. The zero-order valence-electron chi connectivity index (χ0n) is 21.8. The van der Waals surface area contributed by atoms with Crippen molar-refractivity contribution < 1.29 is 19.0 Å². The lowest BCUT2D eigenvalue weighted by atomic mass is 10.0. The van der Waals surface area contributed by atoms with Crippen molar-refractivity contribution in [1.82, 2.24) is 10.2 Å². The number of benzene rings is 2. The molecule has 0 radical (unpaired) electrons. The van der Waals surface area contributed by atoms with Gasteiger partial charge in [-0.3, -0.25) is 10.1 Å². The fraction of sp³-hybridized carbons (Fsp3) is 0.357. The van der Waals surface area contributed by atoms with Gasteiger partial charge in [-0.05, 0) is 60.2 Å². The molecular formula is C28H32N4O4S. The molecule has 0 fully saturated rings. The van der Waals surface area contributed by atoms with E-state index in [9.17, 15) is 10.1 Å². The van der Waals surface area contributed by atoms with Gasteiger partial charge in [0.2, 0.25) is 5.13 Å². The summed E-state index contributed by atoms with van der Waals surface area (Å²) in [7, 11) is 1.54. The van der Waals surface area contributed by atoms with Crippen molar-refractivity contribution in [2.24, 2.45) is 0 Å². The minimum absolute atomic E-state index is 0.0597. The van der Waals surface area contributed by atoms with E-state index in [1.807, 2.05) is 26.0 Å². The van der Waals surface area contributed by atoms with E-state index in [0.29, 0.717) is 41.3 Å². The van der Waals surface area contributed by atoms with E-state index in [1.165, 1.54) is 24.5 Å². The first kappa shape index (κ1) is 27.7. The zero-order valence-corrected chi connectivity index (χ0v) is 22.6. The van der Waals surface area contributed by atoms with Gasteiger partial charge < -0.3 is 14.2 Å². The lowest BCUT2D eigenvalue weighted by molar-refractivity contribution is -0.112. The molecule has 0 aliphatic heterocycles. The molecule has 37 heavy (non-hydrogen) atoms. The van der Waals surface area contributed by atoms with Gasteiger partial charge in [-0.2, -0.15) is 5.26 Å². The van der Waals surface area contributed by atoms with Crippen LogP contribution >= 0.6 is 11.3 Å². The van der Waals surface area contributed by atoms with Gasteiger partial charge in [-0.1, -0.05) is 50.3 Å². The number of hydrogen-bond acceptors (Lipinski definition) is 8. The van der Waals surface area contributed by atoms with Crippen molar-refractivity contribution in [2.75, 3.05) is 25.6 Å². The highest BCUT2D eigenvalue weighted by Gasteiger charge is 2.14. The van der Waals surface area contributed by atoms with Crippen molar-refractivity contribution in [3.8, 4) is 23.3 Å². The van der Waals surface area contributed by atoms with E-state index in [0.717, 1.165) is 34.7 Å². The highest BCUT2D eigenvalue weighted by molar-refractivity contribution is 7.15. The molecule has 0 saturated carbocycles. The molecule has 0 spiro atoms. The standard InChI is InChI=1S/C28H32N4O4S/c1-6-7-26-31-32-28(37-26)30-27(33)21(17-29)15-20-9-11-23(25(16-20)34-5)35-12-13-36-24-14-19(4)8-10-22(24)18(2)3/h8-11,14-16,18H,6-7,12-13H2,1-5H3,(H,30,32,33)/b21-15-. The van der Waals surface area contributed by atoms with Crippen LogP contribution in [0.3, 0.4) is 0 Å². The topological polar surface area (TPSA) is 106 Å². The second-order valence-corrected chi connectivity index (χ2v) is 9.74. The van der Waals surface area contributed by atoms with Crippen LogP contribution in [0.15, 0.2) is 42.0 Å². The fourth-order valence-corrected chi connectivity index (χ4v) is 4.38. The maximum absolute atomic E-state index is 12.6. The smallest absolute Gasteiger partial charge is 0.268 e. The molecule has 1 aromatic heterocycles. The Hall–Kier alpha value is -3.90. The second-order valence-electron chi connectivity index (χ2n) is 8.68. The van der Waals surface area contributed by atoms with Crippen LogP contribution in [0.25, 0.3) is 6.08 Å². The predicted octanol–water partition coefficient (Wildman–Crippen LogP) is 5.93. The number of anilines is 1. The number of carbonyl (C=O) groups is 1. The number of nitrogens with one attached hydrogen (secondary N) is 1. The monoisotopic (exact) mass is 520 g/mol. The summed E-state index contributed by atoms with van der Waals surface area (Å²) in [6.45, 7) is 9.05. The Morgan fingerprint density at radius 3 is 2.54 bits per heavy atom. The summed E-state index contributed by atoms with van der Waals surface area (Å²) in [5, 5.41) is 21.4. The molecule has 3 rings (SSSR count). The quantitative estimate of drug-likeness (QED) is 0.179. The van der Waals surface area contributed by atoms with Crippen molar-refractivity contribution in [1.29, 1.82) is 5.26 Å². The van der Waals surface area contributed by atoms with E-state index in [1.54, 1.807) is 18.2 Å². The van der Waals surface area contributed by atoms with E-state index >= 15 is 0 Å². The van der Waals surface area contributed by atoms with Gasteiger partial charge in [0.25, 0.3) is 5.91 Å². The molecular weight excluding hydrogens is 488 g/mol. The minimum atomic E-state index is -0.546. The van der Waals surface area contributed by atoms with Crippen LogP contribution in [-0.4, -0.2) is 36.4 Å². The average molecular weight is 521 g/mol. The normalized spacial score (nSPS) is 11.2. The summed E-state index contributed by atoms with van der Waals surface area (Å²) in [5.74, 6) is 1.70. The number of methoxy groups -OCH3 is 1. The van der Waals surface area contributed by atoms with Crippen LogP contribution in [0.5, 0.6) is 17.2 Å². The second kappa shape index (κ2) is 13.4. The van der Waals surface area contributed by atoms with E-state index in [2.05, 4.69) is 41.5 Å². The maximum Gasteiger partial charge on any atom is 0.268 e. The molecule has 3 aromatic rings. The summed E-state index contributed by atoms with van der Waals surface area (Å²) in [4.78, 5) is 12.6. The Labute approximate surface area is 221 Å². The molecule has 0 atom stereocenters. The third kappa shape index (κ3) is 7.79. The summed E-state index contributed by atoms with van der Waals surface area (Å²) in [6.07, 6.45) is 3.22. The van der Waals surface area contributed by atoms with Crippen LogP contribution in [0.4, 0.5) is 5.13 Å². The molecule has 1 heterocycles. The van der Waals surface area contributed by atoms with Gasteiger partial charge in [0, 0.05) is 6.42 Å². The fourth-order valence-electron chi connectivity index (χ4n) is 3.54. The Morgan fingerprint density at radius 1 is 1.11 bits per heavy atom. The largest absolute Gasteiger partial charge is 0.493 e. The number of nitriles is 1. The molecule has 2 aromatic carbocycles.